The van der Waals surface area contributed by atoms with Crippen molar-refractivity contribution in [3.63, 3.8) is 0 Å². The molecular weight excluding hydrogens is 369 g/mol. The second-order valence-corrected chi connectivity index (χ2v) is 8.18. The number of alkyl halides is 3. The number of halogens is 3. The summed E-state index contributed by atoms with van der Waals surface area (Å²) in [6, 6.07) is 5.02. The number of allylic oxidation sites excluding steroid dienone is 2. The Balaban J connectivity index is 1.68. The van der Waals surface area contributed by atoms with Crippen LogP contribution in [-0.4, -0.2) is 23.8 Å². The molecule has 2 heterocycles. The lowest BCUT2D eigenvalue weighted by molar-refractivity contribution is -0.140. The van der Waals surface area contributed by atoms with Crippen LogP contribution in [0.1, 0.15) is 50.7 Å². The number of ether oxygens (including phenoxy) is 2. The Kier molecular flexibility index (Phi) is 4.65. The van der Waals surface area contributed by atoms with Gasteiger partial charge in [0.15, 0.2) is 0 Å². The molecule has 2 saturated heterocycles. The highest BCUT2D eigenvalue weighted by atomic mass is 19.4. The first-order valence-electron chi connectivity index (χ1n) is 9.61. The molecular formula is C22H23F3O3. The molecule has 150 valence electrons. The zero-order valence-electron chi connectivity index (χ0n) is 15.9. The van der Waals surface area contributed by atoms with Gasteiger partial charge in [-0.05, 0) is 63.3 Å². The Morgan fingerprint density at radius 3 is 2.82 bits per heavy atom. The average Bonchev–Trinajstić information content (AvgIpc) is 3.19. The molecule has 0 N–H and O–H groups in total. The van der Waals surface area contributed by atoms with Gasteiger partial charge in [-0.2, -0.15) is 13.2 Å². The maximum absolute atomic E-state index is 13.0. The van der Waals surface area contributed by atoms with E-state index in [2.05, 4.69) is 13.0 Å². The Morgan fingerprint density at radius 1 is 1.29 bits per heavy atom. The molecule has 2 fully saturated rings. The standard InChI is InChI=1S/C22H23F3O3/c1-13-5-4-10-21(2)19(28-21)18-16(9-8-13)17(20(26)27-18)12-14-6-3-7-15(11-14)22(23,24)25/h3,5-7,11-12,16,18-19H,4,8-10H2,1-2H3/b13-5+,17-12+/t16-,18-,19-,21+/m0/s1. The van der Waals surface area contributed by atoms with Crippen LogP contribution in [0.2, 0.25) is 0 Å². The van der Waals surface area contributed by atoms with Gasteiger partial charge in [-0.3, -0.25) is 0 Å². The molecule has 1 aromatic carbocycles. The fraction of sp³-hybridized carbons (Fsp3) is 0.500. The number of benzene rings is 1. The number of fused-ring (bicyclic) bond motifs is 3. The van der Waals surface area contributed by atoms with Crippen LogP contribution >= 0.6 is 0 Å². The van der Waals surface area contributed by atoms with E-state index in [1.54, 1.807) is 12.1 Å². The Morgan fingerprint density at radius 2 is 2.07 bits per heavy atom. The van der Waals surface area contributed by atoms with Crippen LogP contribution in [0.15, 0.2) is 41.5 Å². The molecule has 0 saturated carbocycles. The molecule has 3 aliphatic rings. The number of carbonyl (C=O) groups is 1. The summed E-state index contributed by atoms with van der Waals surface area (Å²) in [5, 5.41) is 0. The molecule has 0 radical (unpaired) electrons. The lowest BCUT2D eigenvalue weighted by Crippen LogP contribution is -2.28. The SMILES string of the molecule is C/C1=C\CC[C@@]2(C)O[C@H]2[C@H]2OC(=O)/C(=C/c3cccc(C(F)(F)F)c3)[C@@H]2CC1. The van der Waals surface area contributed by atoms with Gasteiger partial charge in [-0.15, -0.1) is 0 Å². The van der Waals surface area contributed by atoms with Crippen molar-refractivity contribution in [1.82, 2.24) is 0 Å². The van der Waals surface area contributed by atoms with Gasteiger partial charge in [0, 0.05) is 11.5 Å². The topological polar surface area (TPSA) is 38.8 Å². The van der Waals surface area contributed by atoms with Gasteiger partial charge in [0.25, 0.3) is 0 Å². The predicted molar refractivity (Wildman–Crippen MR) is 98.3 cm³/mol. The van der Waals surface area contributed by atoms with Crippen LogP contribution in [0.25, 0.3) is 6.08 Å². The normalized spacial score (nSPS) is 36.2. The molecule has 0 amide bonds. The highest BCUT2D eigenvalue weighted by Gasteiger charge is 2.61. The second kappa shape index (κ2) is 6.76. The van der Waals surface area contributed by atoms with Crippen molar-refractivity contribution in [2.45, 2.75) is 63.5 Å². The summed E-state index contributed by atoms with van der Waals surface area (Å²) in [5.74, 6) is -0.638. The number of carbonyl (C=O) groups excluding carboxylic acids is 1. The summed E-state index contributed by atoms with van der Waals surface area (Å²) in [5.41, 5.74) is 1.01. The van der Waals surface area contributed by atoms with E-state index in [1.807, 2.05) is 6.92 Å². The van der Waals surface area contributed by atoms with Crippen LogP contribution < -0.4 is 0 Å². The number of hydrogen-bond acceptors (Lipinski definition) is 3. The third-order valence-electron chi connectivity index (χ3n) is 6.03. The maximum atomic E-state index is 13.0. The largest absolute Gasteiger partial charge is 0.455 e. The van der Waals surface area contributed by atoms with Crippen molar-refractivity contribution in [2.75, 3.05) is 0 Å². The summed E-state index contributed by atoms with van der Waals surface area (Å²) in [7, 11) is 0. The van der Waals surface area contributed by atoms with E-state index in [9.17, 15) is 18.0 Å². The third-order valence-corrected chi connectivity index (χ3v) is 6.03. The summed E-state index contributed by atoms with van der Waals surface area (Å²) >= 11 is 0. The van der Waals surface area contributed by atoms with Gasteiger partial charge in [0.2, 0.25) is 0 Å². The van der Waals surface area contributed by atoms with E-state index in [1.165, 1.54) is 11.6 Å². The minimum absolute atomic E-state index is 0.152. The van der Waals surface area contributed by atoms with Crippen LogP contribution in [0, 0.1) is 5.92 Å². The minimum Gasteiger partial charge on any atom is -0.455 e. The first-order chi connectivity index (χ1) is 13.2. The summed E-state index contributed by atoms with van der Waals surface area (Å²) in [4.78, 5) is 12.6. The molecule has 6 heteroatoms. The van der Waals surface area contributed by atoms with Crippen molar-refractivity contribution in [3.05, 3.63) is 52.6 Å². The van der Waals surface area contributed by atoms with Crippen molar-refractivity contribution in [2.24, 2.45) is 5.92 Å². The number of hydrogen-bond donors (Lipinski definition) is 0. The fourth-order valence-electron chi connectivity index (χ4n) is 4.31. The first-order valence-corrected chi connectivity index (χ1v) is 9.61. The Hall–Kier alpha value is -2.08. The second-order valence-electron chi connectivity index (χ2n) is 8.18. The highest BCUT2D eigenvalue weighted by molar-refractivity contribution is 5.96. The molecule has 1 aromatic rings. The highest BCUT2D eigenvalue weighted by Crippen LogP contribution is 2.50. The molecule has 28 heavy (non-hydrogen) atoms. The molecule has 4 rings (SSSR count). The molecule has 4 atom stereocenters. The monoisotopic (exact) mass is 392 g/mol. The van der Waals surface area contributed by atoms with E-state index >= 15 is 0 Å². The Labute approximate surface area is 162 Å². The molecule has 0 bridgehead atoms. The van der Waals surface area contributed by atoms with Gasteiger partial charge < -0.3 is 9.47 Å². The molecule has 2 aliphatic heterocycles. The van der Waals surface area contributed by atoms with E-state index in [0.717, 1.165) is 31.4 Å². The van der Waals surface area contributed by atoms with Crippen LogP contribution in [0.4, 0.5) is 13.2 Å². The number of esters is 1. The molecule has 0 spiro atoms. The van der Waals surface area contributed by atoms with Crippen molar-refractivity contribution in [1.29, 1.82) is 0 Å². The van der Waals surface area contributed by atoms with Gasteiger partial charge in [-0.25, -0.2) is 4.79 Å². The third kappa shape index (κ3) is 3.62. The van der Waals surface area contributed by atoms with Gasteiger partial charge >= 0.3 is 12.1 Å². The van der Waals surface area contributed by atoms with Crippen LogP contribution in [0.3, 0.4) is 0 Å². The van der Waals surface area contributed by atoms with Gasteiger partial charge in [0.05, 0.1) is 11.2 Å². The fourth-order valence-corrected chi connectivity index (χ4v) is 4.31. The van der Waals surface area contributed by atoms with Crippen LogP contribution in [0.5, 0.6) is 0 Å². The smallest absolute Gasteiger partial charge is 0.416 e. The molecule has 0 unspecified atom stereocenters. The Bertz CT molecular complexity index is 855. The quantitative estimate of drug-likeness (QED) is 0.281. The number of epoxide rings is 1. The molecule has 0 aromatic heterocycles. The summed E-state index contributed by atoms with van der Waals surface area (Å²) in [6.45, 7) is 4.10. The zero-order valence-corrected chi connectivity index (χ0v) is 15.9. The summed E-state index contributed by atoms with van der Waals surface area (Å²) in [6.07, 6.45) is 2.13. The predicted octanol–water partition coefficient (Wildman–Crippen LogP) is 5.31. The van der Waals surface area contributed by atoms with Crippen molar-refractivity contribution < 1.29 is 27.4 Å². The zero-order chi connectivity index (χ0) is 20.1. The first kappa shape index (κ1) is 19.2. The molecule has 3 nitrogen and oxygen atoms in total. The van der Waals surface area contributed by atoms with Crippen molar-refractivity contribution in [3.8, 4) is 0 Å². The lowest BCUT2D eigenvalue weighted by atomic mass is 9.83. The van der Waals surface area contributed by atoms with Gasteiger partial charge in [-0.1, -0.05) is 23.8 Å². The summed E-state index contributed by atoms with van der Waals surface area (Å²) < 4.78 is 50.6. The van der Waals surface area contributed by atoms with E-state index in [4.69, 9.17) is 9.47 Å². The average molecular weight is 392 g/mol. The van der Waals surface area contributed by atoms with Crippen LogP contribution in [-0.2, 0) is 20.4 Å². The lowest BCUT2D eigenvalue weighted by Gasteiger charge is -2.19. The van der Waals surface area contributed by atoms with Gasteiger partial charge in [0.1, 0.15) is 12.2 Å². The van der Waals surface area contributed by atoms with E-state index in [-0.39, 0.29) is 23.7 Å². The van der Waals surface area contributed by atoms with E-state index < -0.39 is 17.7 Å². The van der Waals surface area contributed by atoms with Crippen molar-refractivity contribution >= 4 is 12.0 Å². The maximum Gasteiger partial charge on any atom is 0.416 e. The molecule has 1 aliphatic carbocycles. The number of rotatable bonds is 1. The minimum atomic E-state index is -4.42. The van der Waals surface area contributed by atoms with E-state index in [0.29, 0.717) is 17.6 Å².